The lowest BCUT2D eigenvalue weighted by molar-refractivity contribution is -0.126. The summed E-state index contributed by atoms with van der Waals surface area (Å²) in [5.74, 6) is -0.730. The molecule has 1 saturated carbocycles. The zero-order valence-corrected chi connectivity index (χ0v) is 16.9. The van der Waals surface area contributed by atoms with Crippen LogP contribution in [0.3, 0.4) is 0 Å². The van der Waals surface area contributed by atoms with Crippen molar-refractivity contribution in [3.63, 3.8) is 0 Å². The van der Waals surface area contributed by atoms with Crippen LogP contribution in [0.4, 0.5) is 0 Å². The monoisotopic (exact) mass is 403 g/mol. The molecule has 1 aliphatic carbocycles. The van der Waals surface area contributed by atoms with Gasteiger partial charge in [0.15, 0.2) is 5.92 Å². The Labute approximate surface area is 176 Å². The molecule has 0 spiro atoms. The lowest BCUT2D eigenvalue weighted by Crippen LogP contribution is -2.42. The van der Waals surface area contributed by atoms with Crippen molar-refractivity contribution >= 4 is 22.7 Å². The van der Waals surface area contributed by atoms with E-state index < -0.39 is 11.8 Å². The van der Waals surface area contributed by atoms with E-state index in [9.17, 15) is 9.59 Å². The quantitative estimate of drug-likeness (QED) is 0.525. The number of hydrogen-bond donors (Lipinski definition) is 3. The standard InChI is InChI=1S/C24H27N4O2/c25-23(29)19(14-17-15-27-20-11-5-4-10-18(17)20)24(30)28-22(16-8-2-1-3-9-16)21-12-6-7-13-26-21/h4-7,10-13,15-16,22,27H,1-3,8-9,14H2,(H2,25,29)(H,28,30)/t22-/m0/s1. The number of H-pyrrole nitrogens is 1. The zero-order valence-electron chi connectivity index (χ0n) is 16.9. The van der Waals surface area contributed by atoms with E-state index in [1.165, 1.54) is 6.42 Å². The second kappa shape index (κ2) is 9.11. The predicted octanol–water partition coefficient (Wildman–Crippen LogP) is 3.60. The van der Waals surface area contributed by atoms with Crippen LogP contribution in [0.2, 0.25) is 0 Å². The van der Waals surface area contributed by atoms with Gasteiger partial charge in [-0.2, -0.15) is 0 Å². The highest BCUT2D eigenvalue weighted by Gasteiger charge is 2.33. The third kappa shape index (κ3) is 4.37. The van der Waals surface area contributed by atoms with Gasteiger partial charge in [0.2, 0.25) is 11.8 Å². The summed E-state index contributed by atoms with van der Waals surface area (Å²) < 4.78 is 0. The van der Waals surface area contributed by atoms with Crippen molar-refractivity contribution in [1.82, 2.24) is 15.3 Å². The van der Waals surface area contributed by atoms with Gasteiger partial charge in [-0.1, -0.05) is 43.5 Å². The van der Waals surface area contributed by atoms with Gasteiger partial charge in [-0.25, -0.2) is 0 Å². The number of carbonyl (C=O) groups excluding carboxylic acids is 2. The normalized spacial score (nSPS) is 15.9. The molecule has 0 aliphatic heterocycles. The van der Waals surface area contributed by atoms with Gasteiger partial charge in [-0.15, -0.1) is 0 Å². The molecule has 1 aliphatic rings. The van der Waals surface area contributed by atoms with Crippen LogP contribution >= 0.6 is 0 Å². The Balaban J connectivity index is 1.56. The Morgan fingerprint density at radius 1 is 1.10 bits per heavy atom. The van der Waals surface area contributed by atoms with Crippen molar-refractivity contribution in [3.05, 3.63) is 72.0 Å². The van der Waals surface area contributed by atoms with E-state index in [1.54, 1.807) is 6.20 Å². The van der Waals surface area contributed by atoms with Gasteiger partial charge in [-0.3, -0.25) is 14.6 Å². The molecule has 2 amide bonds. The van der Waals surface area contributed by atoms with Gasteiger partial charge in [0, 0.05) is 23.3 Å². The summed E-state index contributed by atoms with van der Waals surface area (Å²) in [4.78, 5) is 33.0. The number of amides is 2. The molecule has 4 rings (SSSR count). The van der Waals surface area contributed by atoms with E-state index in [0.717, 1.165) is 47.8 Å². The second-order valence-corrected chi connectivity index (χ2v) is 7.98. The van der Waals surface area contributed by atoms with E-state index in [0.29, 0.717) is 5.92 Å². The fourth-order valence-corrected chi connectivity index (χ4v) is 4.44. The number of para-hydroxylation sites is 1. The number of nitrogens with zero attached hydrogens (tertiary/aromatic N) is 1. The highest BCUT2D eigenvalue weighted by molar-refractivity contribution is 6.14. The summed E-state index contributed by atoms with van der Waals surface area (Å²) in [6, 6.07) is 13.3. The third-order valence-corrected chi connectivity index (χ3v) is 6.03. The van der Waals surface area contributed by atoms with Gasteiger partial charge in [0.05, 0.1) is 11.7 Å². The van der Waals surface area contributed by atoms with Crippen LogP contribution in [0, 0.1) is 11.8 Å². The van der Waals surface area contributed by atoms with E-state index in [-0.39, 0.29) is 18.4 Å². The minimum absolute atomic E-state index is 0.0662. The molecule has 3 aromatic rings. The number of nitrogens with two attached hydrogens (primary N) is 1. The molecule has 0 saturated heterocycles. The van der Waals surface area contributed by atoms with Crippen LogP contribution in [-0.4, -0.2) is 21.8 Å². The maximum Gasteiger partial charge on any atom is 0.238 e. The number of aromatic nitrogens is 2. The van der Waals surface area contributed by atoms with Gasteiger partial charge in [-0.05, 0) is 48.9 Å². The first-order valence-corrected chi connectivity index (χ1v) is 10.6. The molecule has 4 N–H and O–H groups in total. The van der Waals surface area contributed by atoms with Crippen molar-refractivity contribution in [2.75, 3.05) is 0 Å². The summed E-state index contributed by atoms with van der Waals surface area (Å²) in [5, 5.41) is 4.08. The largest absolute Gasteiger partial charge is 0.369 e. The van der Waals surface area contributed by atoms with Crippen molar-refractivity contribution in [2.24, 2.45) is 11.7 Å². The first-order chi connectivity index (χ1) is 14.6. The maximum absolute atomic E-state index is 13.2. The van der Waals surface area contributed by atoms with E-state index in [2.05, 4.69) is 15.3 Å². The fourth-order valence-electron chi connectivity index (χ4n) is 4.44. The summed E-state index contributed by atoms with van der Waals surface area (Å²) >= 11 is 0. The number of fused-ring (bicyclic) bond motifs is 1. The highest BCUT2D eigenvalue weighted by Crippen LogP contribution is 2.34. The lowest BCUT2D eigenvalue weighted by Gasteiger charge is -2.31. The molecule has 155 valence electrons. The average molecular weight is 404 g/mol. The first-order valence-electron chi connectivity index (χ1n) is 10.6. The highest BCUT2D eigenvalue weighted by atomic mass is 16.2. The molecule has 30 heavy (non-hydrogen) atoms. The first kappa shape index (κ1) is 20.1. The summed E-state index contributed by atoms with van der Waals surface area (Å²) in [6.07, 6.45) is 9.34. The smallest absolute Gasteiger partial charge is 0.238 e. The van der Waals surface area contributed by atoms with Crippen LogP contribution in [-0.2, 0) is 16.0 Å². The number of primary amides is 1. The number of aromatic amines is 1. The molecule has 2 heterocycles. The predicted molar refractivity (Wildman–Crippen MR) is 116 cm³/mol. The molecule has 0 bridgehead atoms. The SMILES string of the molecule is NC(=O)[C](Cc1c[nH]c2ccccc12)C(=O)N[C@H](c1ccccn1)C1CCCCC1. The molecule has 6 heteroatoms. The number of pyridine rings is 1. The van der Waals surface area contributed by atoms with Crippen LogP contribution in [0.1, 0.15) is 49.4 Å². The fraction of sp³-hybridized carbons (Fsp3) is 0.333. The minimum atomic E-state index is -0.693. The van der Waals surface area contributed by atoms with E-state index in [4.69, 9.17) is 5.73 Å². The third-order valence-electron chi connectivity index (χ3n) is 6.03. The number of rotatable bonds is 7. The van der Waals surface area contributed by atoms with Gasteiger partial charge < -0.3 is 16.0 Å². The molecule has 6 nitrogen and oxygen atoms in total. The number of nitrogens with one attached hydrogen (secondary N) is 2. The molecule has 1 fully saturated rings. The molecule has 0 unspecified atom stereocenters. The van der Waals surface area contributed by atoms with Crippen molar-refractivity contribution in [1.29, 1.82) is 0 Å². The van der Waals surface area contributed by atoms with Crippen LogP contribution in [0.25, 0.3) is 10.9 Å². The van der Waals surface area contributed by atoms with E-state index >= 15 is 0 Å². The summed E-state index contributed by atoms with van der Waals surface area (Å²) in [5.41, 5.74) is 8.30. The Bertz CT molecular complexity index is 1010. The van der Waals surface area contributed by atoms with Gasteiger partial charge >= 0.3 is 0 Å². The topological polar surface area (TPSA) is 101 Å². The van der Waals surface area contributed by atoms with Crippen LogP contribution in [0.15, 0.2) is 54.9 Å². The number of hydrogen-bond acceptors (Lipinski definition) is 3. The van der Waals surface area contributed by atoms with Crippen molar-refractivity contribution in [2.45, 2.75) is 44.6 Å². The maximum atomic E-state index is 13.2. The molecular formula is C24H27N4O2. The molecule has 1 aromatic carbocycles. The Hall–Kier alpha value is -3.15. The number of benzene rings is 1. The van der Waals surface area contributed by atoms with Gasteiger partial charge in [0.25, 0.3) is 0 Å². The van der Waals surface area contributed by atoms with Crippen molar-refractivity contribution < 1.29 is 9.59 Å². The summed E-state index contributed by atoms with van der Waals surface area (Å²) in [6.45, 7) is 0. The molecule has 1 atom stereocenters. The van der Waals surface area contributed by atoms with E-state index in [1.807, 2.05) is 48.7 Å². The van der Waals surface area contributed by atoms with Crippen molar-refractivity contribution in [3.8, 4) is 0 Å². The average Bonchev–Trinajstić information content (AvgIpc) is 3.19. The Kier molecular flexibility index (Phi) is 6.12. The Morgan fingerprint density at radius 2 is 1.87 bits per heavy atom. The number of carbonyl (C=O) groups is 2. The minimum Gasteiger partial charge on any atom is -0.369 e. The molecule has 1 radical (unpaired) electrons. The Morgan fingerprint density at radius 3 is 2.60 bits per heavy atom. The lowest BCUT2D eigenvalue weighted by atomic mass is 9.82. The molecular weight excluding hydrogens is 376 g/mol. The summed E-state index contributed by atoms with van der Waals surface area (Å²) in [7, 11) is 0. The van der Waals surface area contributed by atoms with Crippen LogP contribution < -0.4 is 11.1 Å². The zero-order chi connectivity index (χ0) is 20.9. The van der Waals surface area contributed by atoms with Crippen LogP contribution in [0.5, 0.6) is 0 Å². The second-order valence-electron chi connectivity index (χ2n) is 7.98. The molecule has 2 aromatic heterocycles. The van der Waals surface area contributed by atoms with Gasteiger partial charge in [0.1, 0.15) is 0 Å².